The standard InChI is InChI=1S/C15H18N2O2/c1-11-6-12(2)8-13(7-11)16-10-15(18)17-9-14-4-3-5-19-14/h3-8,16H,9-10H2,1-2H3,(H,17,18). The minimum atomic E-state index is -0.0597. The van der Waals surface area contributed by atoms with Crippen LogP contribution in [0, 0.1) is 13.8 Å². The van der Waals surface area contributed by atoms with Gasteiger partial charge in [0.15, 0.2) is 0 Å². The van der Waals surface area contributed by atoms with Crippen molar-refractivity contribution in [2.75, 3.05) is 11.9 Å². The van der Waals surface area contributed by atoms with Gasteiger partial charge in [-0.25, -0.2) is 0 Å². The van der Waals surface area contributed by atoms with Gasteiger partial charge >= 0.3 is 0 Å². The Balaban J connectivity index is 1.79. The molecule has 1 amide bonds. The number of carbonyl (C=O) groups is 1. The molecular formula is C15H18N2O2. The van der Waals surface area contributed by atoms with Crippen LogP contribution in [0.25, 0.3) is 0 Å². The third-order valence-electron chi connectivity index (χ3n) is 2.71. The molecule has 2 aromatic rings. The summed E-state index contributed by atoms with van der Waals surface area (Å²) < 4.78 is 5.14. The summed E-state index contributed by atoms with van der Waals surface area (Å²) in [4.78, 5) is 11.7. The van der Waals surface area contributed by atoms with Gasteiger partial charge in [0.25, 0.3) is 0 Å². The van der Waals surface area contributed by atoms with Crippen molar-refractivity contribution in [3.05, 3.63) is 53.5 Å². The van der Waals surface area contributed by atoms with Gasteiger partial charge in [-0.05, 0) is 49.2 Å². The fourth-order valence-electron chi connectivity index (χ4n) is 1.92. The minimum Gasteiger partial charge on any atom is -0.467 e. The molecule has 0 aliphatic heterocycles. The van der Waals surface area contributed by atoms with E-state index in [1.54, 1.807) is 12.3 Å². The third-order valence-corrected chi connectivity index (χ3v) is 2.71. The van der Waals surface area contributed by atoms with Crippen LogP contribution in [-0.4, -0.2) is 12.5 Å². The Morgan fingerprint density at radius 2 is 1.95 bits per heavy atom. The van der Waals surface area contributed by atoms with Crippen LogP contribution in [0.5, 0.6) is 0 Å². The highest BCUT2D eigenvalue weighted by molar-refractivity contribution is 5.80. The van der Waals surface area contributed by atoms with Crippen molar-refractivity contribution in [1.82, 2.24) is 5.32 Å². The molecule has 100 valence electrons. The van der Waals surface area contributed by atoms with Gasteiger partial charge in [-0.3, -0.25) is 4.79 Å². The molecule has 4 heteroatoms. The van der Waals surface area contributed by atoms with E-state index in [0.29, 0.717) is 6.54 Å². The molecule has 0 saturated carbocycles. The van der Waals surface area contributed by atoms with Gasteiger partial charge in [0.1, 0.15) is 5.76 Å². The molecule has 2 N–H and O–H groups in total. The van der Waals surface area contributed by atoms with E-state index in [2.05, 4.69) is 16.7 Å². The smallest absolute Gasteiger partial charge is 0.239 e. The highest BCUT2D eigenvalue weighted by Crippen LogP contribution is 2.13. The predicted molar refractivity (Wildman–Crippen MR) is 75.0 cm³/mol. The lowest BCUT2D eigenvalue weighted by Crippen LogP contribution is -2.29. The molecule has 0 aliphatic rings. The third kappa shape index (κ3) is 4.17. The van der Waals surface area contributed by atoms with Crippen molar-refractivity contribution < 1.29 is 9.21 Å². The second-order valence-electron chi connectivity index (χ2n) is 4.59. The summed E-state index contributed by atoms with van der Waals surface area (Å²) in [5.41, 5.74) is 3.32. The van der Waals surface area contributed by atoms with E-state index in [9.17, 15) is 4.79 Å². The van der Waals surface area contributed by atoms with Crippen molar-refractivity contribution in [1.29, 1.82) is 0 Å². The summed E-state index contributed by atoms with van der Waals surface area (Å²) in [6.07, 6.45) is 1.59. The van der Waals surface area contributed by atoms with Gasteiger partial charge in [0.2, 0.25) is 5.91 Å². The second-order valence-corrected chi connectivity index (χ2v) is 4.59. The number of hydrogen-bond donors (Lipinski definition) is 2. The molecule has 0 unspecified atom stereocenters. The van der Waals surface area contributed by atoms with Gasteiger partial charge < -0.3 is 15.1 Å². The van der Waals surface area contributed by atoms with Gasteiger partial charge in [0, 0.05) is 5.69 Å². The molecule has 1 heterocycles. The molecule has 19 heavy (non-hydrogen) atoms. The molecule has 1 aromatic heterocycles. The largest absolute Gasteiger partial charge is 0.467 e. The van der Waals surface area contributed by atoms with Crippen LogP contribution in [0.4, 0.5) is 5.69 Å². The Hall–Kier alpha value is -2.23. The highest BCUT2D eigenvalue weighted by Gasteiger charge is 2.03. The van der Waals surface area contributed by atoms with Gasteiger partial charge in [-0.15, -0.1) is 0 Å². The van der Waals surface area contributed by atoms with E-state index in [4.69, 9.17) is 4.42 Å². The van der Waals surface area contributed by atoms with Crippen LogP contribution in [-0.2, 0) is 11.3 Å². The fourth-order valence-corrected chi connectivity index (χ4v) is 1.92. The molecular weight excluding hydrogens is 240 g/mol. The Kier molecular flexibility index (Phi) is 4.23. The Labute approximate surface area is 112 Å². The van der Waals surface area contributed by atoms with Crippen LogP contribution >= 0.6 is 0 Å². The van der Waals surface area contributed by atoms with Crippen molar-refractivity contribution in [3.8, 4) is 0 Å². The van der Waals surface area contributed by atoms with Crippen molar-refractivity contribution in [3.63, 3.8) is 0 Å². The second kappa shape index (κ2) is 6.09. The molecule has 1 aromatic carbocycles. The number of hydrogen-bond acceptors (Lipinski definition) is 3. The van der Waals surface area contributed by atoms with E-state index in [0.717, 1.165) is 11.4 Å². The van der Waals surface area contributed by atoms with E-state index < -0.39 is 0 Å². The summed E-state index contributed by atoms with van der Waals surface area (Å²) >= 11 is 0. The molecule has 4 nitrogen and oxygen atoms in total. The first-order chi connectivity index (χ1) is 9.13. The van der Waals surface area contributed by atoms with Crippen LogP contribution in [0.1, 0.15) is 16.9 Å². The van der Waals surface area contributed by atoms with Crippen molar-refractivity contribution in [2.24, 2.45) is 0 Å². The lowest BCUT2D eigenvalue weighted by molar-refractivity contribution is -0.119. The molecule has 0 fully saturated rings. The Morgan fingerprint density at radius 3 is 2.58 bits per heavy atom. The van der Waals surface area contributed by atoms with Gasteiger partial charge in [-0.1, -0.05) is 6.07 Å². The van der Waals surface area contributed by atoms with E-state index in [-0.39, 0.29) is 12.5 Å². The van der Waals surface area contributed by atoms with E-state index in [1.165, 1.54) is 11.1 Å². The zero-order valence-electron chi connectivity index (χ0n) is 11.2. The number of nitrogens with one attached hydrogen (secondary N) is 2. The Bertz CT molecular complexity index is 527. The molecule has 0 atom stereocenters. The lowest BCUT2D eigenvalue weighted by Gasteiger charge is -2.08. The summed E-state index contributed by atoms with van der Waals surface area (Å²) in [5, 5.41) is 5.90. The highest BCUT2D eigenvalue weighted by atomic mass is 16.3. The van der Waals surface area contributed by atoms with Gasteiger partial charge in [0.05, 0.1) is 19.4 Å². The van der Waals surface area contributed by atoms with Crippen LogP contribution in [0.3, 0.4) is 0 Å². The minimum absolute atomic E-state index is 0.0597. The summed E-state index contributed by atoms with van der Waals surface area (Å²) in [5.74, 6) is 0.690. The first-order valence-electron chi connectivity index (χ1n) is 6.25. The molecule has 0 spiro atoms. The zero-order valence-corrected chi connectivity index (χ0v) is 11.2. The number of rotatable bonds is 5. The molecule has 0 aliphatic carbocycles. The zero-order chi connectivity index (χ0) is 13.7. The molecule has 2 rings (SSSR count). The van der Waals surface area contributed by atoms with Gasteiger partial charge in [-0.2, -0.15) is 0 Å². The number of anilines is 1. The normalized spacial score (nSPS) is 10.2. The first-order valence-corrected chi connectivity index (χ1v) is 6.25. The SMILES string of the molecule is Cc1cc(C)cc(NCC(=O)NCc2ccco2)c1. The summed E-state index contributed by atoms with van der Waals surface area (Å²) in [6.45, 7) is 4.74. The summed E-state index contributed by atoms with van der Waals surface area (Å²) in [6, 6.07) is 9.77. The maximum atomic E-state index is 11.7. The topological polar surface area (TPSA) is 54.3 Å². The average Bonchev–Trinajstić information content (AvgIpc) is 2.86. The quantitative estimate of drug-likeness (QED) is 0.866. The van der Waals surface area contributed by atoms with E-state index in [1.807, 2.05) is 32.0 Å². The van der Waals surface area contributed by atoms with Crippen molar-refractivity contribution in [2.45, 2.75) is 20.4 Å². The molecule has 0 saturated heterocycles. The number of benzene rings is 1. The fraction of sp³-hybridized carbons (Fsp3) is 0.267. The van der Waals surface area contributed by atoms with Crippen LogP contribution in [0.2, 0.25) is 0 Å². The predicted octanol–water partition coefficient (Wildman–Crippen LogP) is 2.62. The number of carbonyl (C=O) groups excluding carboxylic acids is 1. The molecule has 0 radical (unpaired) electrons. The lowest BCUT2D eigenvalue weighted by atomic mass is 10.1. The maximum Gasteiger partial charge on any atom is 0.239 e. The average molecular weight is 258 g/mol. The first kappa shape index (κ1) is 13.2. The maximum absolute atomic E-state index is 11.7. The number of furan rings is 1. The Morgan fingerprint density at radius 1 is 1.21 bits per heavy atom. The number of aryl methyl sites for hydroxylation is 2. The monoisotopic (exact) mass is 258 g/mol. The van der Waals surface area contributed by atoms with Crippen molar-refractivity contribution >= 4 is 11.6 Å². The summed E-state index contributed by atoms with van der Waals surface area (Å²) in [7, 11) is 0. The van der Waals surface area contributed by atoms with E-state index >= 15 is 0 Å². The van der Waals surface area contributed by atoms with Crippen LogP contribution in [0.15, 0.2) is 41.0 Å². The van der Waals surface area contributed by atoms with Crippen LogP contribution < -0.4 is 10.6 Å². The molecule has 0 bridgehead atoms. The number of amides is 1.